The Morgan fingerprint density at radius 3 is 2.47 bits per heavy atom. The van der Waals surface area contributed by atoms with Gasteiger partial charge >= 0.3 is 0 Å². The maximum Gasteiger partial charge on any atom is 0.243 e. The van der Waals surface area contributed by atoms with E-state index >= 15 is 0 Å². The van der Waals surface area contributed by atoms with Gasteiger partial charge in [-0.2, -0.15) is 13.5 Å². The van der Waals surface area contributed by atoms with Crippen molar-refractivity contribution in [3.05, 3.63) is 77.9 Å². The second kappa shape index (κ2) is 11.5. The number of hydrogen-bond acceptors (Lipinski definition) is 8. The zero-order valence-electron chi connectivity index (χ0n) is 19.8. The number of ether oxygens (including phenoxy) is 2. The molecule has 0 aliphatic heterocycles. The number of benzene rings is 3. The van der Waals surface area contributed by atoms with Crippen LogP contribution in [0.2, 0.25) is 0 Å². The van der Waals surface area contributed by atoms with Crippen molar-refractivity contribution in [2.24, 2.45) is 0 Å². The van der Waals surface area contributed by atoms with Crippen LogP contribution in [-0.2, 0) is 27.7 Å². The van der Waals surface area contributed by atoms with Crippen molar-refractivity contribution in [1.29, 1.82) is 0 Å². The van der Waals surface area contributed by atoms with Crippen LogP contribution in [0, 0.1) is 0 Å². The minimum atomic E-state index is -4.05. The number of carbonyl (C=O) groups excluding carboxylic acids is 1. The highest BCUT2D eigenvalue weighted by Gasteiger charge is 2.28. The predicted molar refractivity (Wildman–Crippen MR) is 138 cm³/mol. The van der Waals surface area contributed by atoms with E-state index < -0.39 is 22.0 Å². The summed E-state index contributed by atoms with van der Waals surface area (Å²) in [6.45, 7) is 0.312. The van der Waals surface area contributed by atoms with Crippen molar-refractivity contribution in [2.75, 3.05) is 20.8 Å². The van der Waals surface area contributed by atoms with Gasteiger partial charge in [-0.1, -0.05) is 42.5 Å². The van der Waals surface area contributed by atoms with Gasteiger partial charge in [-0.05, 0) is 48.2 Å². The molecule has 0 saturated heterocycles. The number of aromatic nitrogens is 2. The summed E-state index contributed by atoms with van der Waals surface area (Å²) >= 11 is 0.936. The van der Waals surface area contributed by atoms with Gasteiger partial charge in [-0.15, -0.1) is 0 Å². The van der Waals surface area contributed by atoms with E-state index in [0.29, 0.717) is 30.0 Å². The summed E-state index contributed by atoms with van der Waals surface area (Å²) < 4.78 is 48.0. The molecule has 11 heteroatoms. The van der Waals surface area contributed by atoms with E-state index in [1.165, 1.54) is 6.07 Å². The summed E-state index contributed by atoms with van der Waals surface area (Å²) in [6.07, 6.45) is 0.717. The highest BCUT2D eigenvalue weighted by Crippen LogP contribution is 2.27. The Labute approximate surface area is 213 Å². The molecule has 1 atom stereocenters. The lowest BCUT2D eigenvalue weighted by Gasteiger charge is -2.19. The third kappa shape index (κ3) is 5.99. The monoisotopic (exact) mass is 526 g/mol. The Morgan fingerprint density at radius 2 is 1.72 bits per heavy atom. The molecule has 3 aromatic carbocycles. The Bertz CT molecular complexity index is 1440. The van der Waals surface area contributed by atoms with Crippen LogP contribution in [0.25, 0.3) is 11.0 Å². The maximum absolute atomic E-state index is 13.3. The van der Waals surface area contributed by atoms with Crippen molar-refractivity contribution in [3.8, 4) is 11.5 Å². The molecule has 1 aromatic heterocycles. The van der Waals surface area contributed by atoms with Crippen LogP contribution in [-0.4, -0.2) is 49.9 Å². The van der Waals surface area contributed by atoms with E-state index in [1.54, 1.807) is 32.4 Å². The summed E-state index contributed by atoms with van der Waals surface area (Å²) in [4.78, 5) is 13.2. The number of rotatable bonds is 11. The molecule has 0 aliphatic rings. The molecule has 2 N–H and O–H groups in total. The van der Waals surface area contributed by atoms with Crippen LogP contribution in [0.1, 0.15) is 11.1 Å². The molecular formula is C25H26N4O5S2. The molecule has 0 unspecified atom stereocenters. The third-order valence-electron chi connectivity index (χ3n) is 5.60. The summed E-state index contributed by atoms with van der Waals surface area (Å²) in [5, 5.41) is 2.86. The molecule has 0 fully saturated rings. The number of sulfonamides is 1. The number of hydrogen-bond donors (Lipinski definition) is 2. The number of amides is 1. The molecule has 0 spiro atoms. The minimum absolute atomic E-state index is 0.00932. The number of nitrogens with zero attached hydrogens (tertiary/aromatic N) is 2. The summed E-state index contributed by atoms with van der Waals surface area (Å²) in [5.74, 6) is 0.793. The van der Waals surface area contributed by atoms with Crippen molar-refractivity contribution < 1.29 is 22.7 Å². The first-order valence-corrected chi connectivity index (χ1v) is 13.4. The van der Waals surface area contributed by atoms with Crippen molar-refractivity contribution in [1.82, 2.24) is 18.8 Å². The third-order valence-corrected chi connectivity index (χ3v) is 7.64. The molecule has 36 heavy (non-hydrogen) atoms. The molecular weight excluding hydrogens is 500 g/mol. The number of methoxy groups -OCH3 is 2. The van der Waals surface area contributed by atoms with E-state index in [1.807, 2.05) is 42.5 Å². The van der Waals surface area contributed by atoms with Gasteiger partial charge in [0.25, 0.3) is 0 Å². The van der Waals surface area contributed by atoms with Gasteiger partial charge in [0.15, 0.2) is 11.5 Å². The molecule has 0 aliphatic carbocycles. The van der Waals surface area contributed by atoms with E-state index in [4.69, 9.17) is 9.47 Å². The SMILES string of the molecule is COc1ccc(CCNC(=O)[C@@H](Cc2ccccc2)NS(=O)(=O)c2cccc3nsnc23)cc1OC. The van der Waals surface area contributed by atoms with Gasteiger partial charge in [0.1, 0.15) is 22.0 Å². The van der Waals surface area contributed by atoms with Crippen LogP contribution in [0.3, 0.4) is 0 Å². The molecule has 0 saturated carbocycles. The summed E-state index contributed by atoms with van der Waals surface area (Å²) in [7, 11) is -0.924. The largest absolute Gasteiger partial charge is 0.493 e. The van der Waals surface area contributed by atoms with Crippen LogP contribution in [0.5, 0.6) is 11.5 Å². The van der Waals surface area contributed by atoms with Gasteiger partial charge in [-0.3, -0.25) is 4.79 Å². The molecule has 1 heterocycles. The van der Waals surface area contributed by atoms with Crippen LogP contribution in [0.4, 0.5) is 0 Å². The topological polar surface area (TPSA) is 120 Å². The molecule has 0 bridgehead atoms. The molecule has 1 amide bonds. The Hall–Kier alpha value is -3.54. The normalized spacial score (nSPS) is 12.3. The summed E-state index contributed by atoms with van der Waals surface area (Å²) in [5.41, 5.74) is 2.54. The Kier molecular flexibility index (Phi) is 8.14. The van der Waals surface area contributed by atoms with Crippen molar-refractivity contribution in [3.63, 3.8) is 0 Å². The molecule has 9 nitrogen and oxygen atoms in total. The average Bonchev–Trinajstić information content (AvgIpc) is 3.37. The van der Waals surface area contributed by atoms with Gasteiger partial charge in [-0.25, -0.2) is 8.42 Å². The molecule has 4 aromatic rings. The van der Waals surface area contributed by atoms with Crippen LogP contribution >= 0.6 is 11.7 Å². The first kappa shape index (κ1) is 25.5. The lowest BCUT2D eigenvalue weighted by atomic mass is 10.1. The van der Waals surface area contributed by atoms with Crippen molar-refractivity contribution >= 4 is 38.7 Å². The van der Waals surface area contributed by atoms with Gasteiger partial charge < -0.3 is 14.8 Å². The highest BCUT2D eigenvalue weighted by molar-refractivity contribution is 7.89. The van der Waals surface area contributed by atoms with Crippen LogP contribution in [0.15, 0.2) is 71.6 Å². The maximum atomic E-state index is 13.3. The molecule has 0 radical (unpaired) electrons. The lowest BCUT2D eigenvalue weighted by molar-refractivity contribution is -0.122. The predicted octanol–water partition coefficient (Wildman–Crippen LogP) is 2.96. The molecule has 4 rings (SSSR count). The van der Waals surface area contributed by atoms with Gasteiger partial charge in [0.2, 0.25) is 15.9 Å². The summed E-state index contributed by atoms with van der Waals surface area (Å²) in [6, 6.07) is 18.5. The number of carbonyl (C=O) groups is 1. The second-order valence-electron chi connectivity index (χ2n) is 7.98. The van der Waals surface area contributed by atoms with E-state index in [-0.39, 0.29) is 16.8 Å². The quantitative estimate of drug-likeness (QED) is 0.308. The Balaban J connectivity index is 1.50. The van der Waals surface area contributed by atoms with Crippen molar-refractivity contribution in [2.45, 2.75) is 23.8 Å². The zero-order chi connectivity index (χ0) is 25.5. The van der Waals surface area contributed by atoms with E-state index in [2.05, 4.69) is 18.8 Å². The first-order chi connectivity index (χ1) is 17.4. The lowest BCUT2D eigenvalue weighted by Crippen LogP contribution is -2.48. The molecule has 188 valence electrons. The minimum Gasteiger partial charge on any atom is -0.493 e. The van der Waals surface area contributed by atoms with Gasteiger partial charge in [0, 0.05) is 6.54 Å². The first-order valence-electron chi connectivity index (χ1n) is 11.2. The fraction of sp³-hybridized carbons (Fsp3) is 0.240. The standard InChI is InChI=1S/C25H26N4O5S2/c1-33-21-12-11-18(16-22(21)34-2)13-14-26-25(30)20(15-17-7-4-3-5-8-17)29-36(31,32)23-10-6-9-19-24(23)28-35-27-19/h3-12,16,20,29H,13-15H2,1-2H3,(H,26,30)/t20-/m1/s1. The Morgan fingerprint density at radius 1 is 0.944 bits per heavy atom. The number of nitrogens with one attached hydrogen (secondary N) is 2. The fourth-order valence-electron chi connectivity index (χ4n) is 3.78. The highest BCUT2D eigenvalue weighted by atomic mass is 32.2. The average molecular weight is 527 g/mol. The second-order valence-corrected chi connectivity index (χ2v) is 10.2. The number of fused-ring (bicyclic) bond motifs is 1. The smallest absolute Gasteiger partial charge is 0.243 e. The van der Waals surface area contributed by atoms with Crippen LogP contribution < -0.4 is 19.5 Å². The zero-order valence-corrected chi connectivity index (χ0v) is 21.4. The fourth-order valence-corrected chi connectivity index (χ4v) is 5.74. The van der Waals surface area contributed by atoms with E-state index in [0.717, 1.165) is 22.9 Å². The van der Waals surface area contributed by atoms with Gasteiger partial charge in [0.05, 0.1) is 25.9 Å². The van der Waals surface area contributed by atoms with E-state index in [9.17, 15) is 13.2 Å².